The molecule has 0 spiro atoms. The Kier molecular flexibility index (Phi) is 4.88. The third kappa shape index (κ3) is 3.44. The maximum absolute atomic E-state index is 5.99. The van der Waals surface area contributed by atoms with E-state index in [1.165, 1.54) is 0 Å². The minimum Gasteiger partial charge on any atom is -0.496 e. The number of rotatable bonds is 5. The van der Waals surface area contributed by atoms with Crippen molar-refractivity contribution >= 4 is 11.6 Å². The summed E-state index contributed by atoms with van der Waals surface area (Å²) >= 11 is 5.99. The first-order valence-corrected chi connectivity index (χ1v) is 6.76. The molecule has 4 heteroatoms. The van der Waals surface area contributed by atoms with Crippen molar-refractivity contribution in [3.63, 3.8) is 0 Å². The van der Waals surface area contributed by atoms with Gasteiger partial charge in [-0.05, 0) is 48.4 Å². The minimum atomic E-state index is 0.442. The highest BCUT2D eigenvalue weighted by Gasteiger charge is 2.04. The predicted molar refractivity (Wildman–Crippen MR) is 81.4 cm³/mol. The van der Waals surface area contributed by atoms with E-state index in [9.17, 15) is 0 Å². The molecule has 0 unspecified atom stereocenters. The first-order chi connectivity index (χ1) is 9.63. The first kappa shape index (κ1) is 14.7. The zero-order chi connectivity index (χ0) is 14.5. The summed E-state index contributed by atoms with van der Waals surface area (Å²) in [4.78, 5) is 0. The SMILES string of the molecule is COc1ccc(COc2ccc(Cl)c(C)c2)cc1CN. The van der Waals surface area contributed by atoms with Gasteiger partial charge < -0.3 is 15.2 Å². The van der Waals surface area contributed by atoms with Crippen LogP contribution in [0.25, 0.3) is 0 Å². The number of ether oxygens (including phenoxy) is 2. The van der Waals surface area contributed by atoms with Gasteiger partial charge >= 0.3 is 0 Å². The summed E-state index contributed by atoms with van der Waals surface area (Å²) in [5, 5.41) is 0.743. The molecule has 20 heavy (non-hydrogen) atoms. The Labute approximate surface area is 124 Å². The van der Waals surface area contributed by atoms with E-state index < -0.39 is 0 Å². The zero-order valence-corrected chi connectivity index (χ0v) is 12.4. The van der Waals surface area contributed by atoms with Crippen LogP contribution in [-0.4, -0.2) is 7.11 Å². The van der Waals surface area contributed by atoms with Gasteiger partial charge in [-0.25, -0.2) is 0 Å². The van der Waals surface area contributed by atoms with Crippen LogP contribution in [0.2, 0.25) is 5.02 Å². The molecule has 0 aliphatic heterocycles. The van der Waals surface area contributed by atoms with Crippen LogP contribution >= 0.6 is 11.6 Å². The van der Waals surface area contributed by atoms with Crippen molar-refractivity contribution in [1.82, 2.24) is 0 Å². The summed E-state index contributed by atoms with van der Waals surface area (Å²) in [7, 11) is 1.64. The fourth-order valence-electron chi connectivity index (χ4n) is 1.95. The minimum absolute atomic E-state index is 0.442. The van der Waals surface area contributed by atoms with Crippen molar-refractivity contribution in [2.24, 2.45) is 5.73 Å². The monoisotopic (exact) mass is 291 g/mol. The van der Waals surface area contributed by atoms with E-state index in [0.29, 0.717) is 13.2 Å². The van der Waals surface area contributed by atoms with E-state index in [4.69, 9.17) is 26.8 Å². The summed E-state index contributed by atoms with van der Waals surface area (Å²) < 4.78 is 11.0. The molecule has 0 heterocycles. The van der Waals surface area contributed by atoms with Gasteiger partial charge in [0.1, 0.15) is 18.1 Å². The lowest BCUT2D eigenvalue weighted by Crippen LogP contribution is -2.02. The molecule has 0 aromatic heterocycles. The van der Waals surface area contributed by atoms with Gasteiger partial charge in [-0.2, -0.15) is 0 Å². The van der Waals surface area contributed by atoms with Crippen LogP contribution in [0.4, 0.5) is 0 Å². The molecular formula is C16H18ClNO2. The van der Waals surface area contributed by atoms with Gasteiger partial charge in [0.25, 0.3) is 0 Å². The van der Waals surface area contributed by atoms with Crippen molar-refractivity contribution in [1.29, 1.82) is 0 Å². The Morgan fingerprint density at radius 3 is 2.60 bits per heavy atom. The van der Waals surface area contributed by atoms with E-state index in [1.807, 2.05) is 43.3 Å². The summed E-state index contributed by atoms with van der Waals surface area (Å²) in [5.41, 5.74) is 8.73. The van der Waals surface area contributed by atoms with Crippen LogP contribution < -0.4 is 15.2 Å². The van der Waals surface area contributed by atoms with Crippen LogP contribution in [0, 0.1) is 6.92 Å². The lowest BCUT2D eigenvalue weighted by Gasteiger charge is -2.11. The van der Waals surface area contributed by atoms with E-state index in [0.717, 1.165) is 33.2 Å². The van der Waals surface area contributed by atoms with Crippen LogP contribution in [0.15, 0.2) is 36.4 Å². The van der Waals surface area contributed by atoms with E-state index in [-0.39, 0.29) is 0 Å². The second-order valence-corrected chi connectivity index (χ2v) is 4.96. The maximum atomic E-state index is 5.99. The quantitative estimate of drug-likeness (QED) is 0.913. The molecule has 0 saturated carbocycles. The van der Waals surface area contributed by atoms with Gasteiger partial charge in [0.05, 0.1) is 7.11 Å². The average molecular weight is 292 g/mol. The second kappa shape index (κ2) is 6.64. The fraction of sp³-hybridized carbons (Fsp3) is 0.250. The van der Waals surface area contributed by atoms with Crippen molar-refractivity contribution in [3.05, 3.63) is 58.1 Å². The second-order valence-electron chi connectivity index (χ2n) is 4.55. The number of halogens is 1. The highest BCUT2D eigenvalue weighted by atomic mass is 35.5. The third-order valence-electron chi connectivity index (χ3n) is 3.10. The standard InChI is InChI=1S/C16H18ClNO2/c1-11-7-14(4-5-15(11)17)20-10-12-3-6-16(19-2)13(8-12)9-18/h3-8H,9-10,18H2,1-2H3. The van der Waals surface area contributed by atoms with Gasteiger partial charge in [0, 0.05) is 17.1 Å². The summed E-state index contributed by atoms with van der Waals surface area (Å²) in [5.74, 6) is 1.61. The van der Waals surface area contributed by atoms with Crippen LogP contribution in [0.1, 0.15) is 16.7 Å². The summed E-state index contributed by atoms with van der Waals surface area (Å²) in [6, 6.07) is 11.5. The molecule has 0 amide bonds. The summed E-state index contributed by atoms with van der Waals surface area (Å²) in [6.45, 7) is 2.88. The van der Waals surface area contributed by atoms with E-state index >= 15 is 0 Å². The number of hydrogen-bond acceptors (Lipinski definition) is 3. The Hall–Kier alpha value is -1.71. The number of methoxy groups -OCH3 is 1. The molecule has 0 saturated heterocycles. The lowest BCUT2D eigenvalue weighted by atomic mass is 10.1. The van der Waals surface area contributed by atoms with Crippen LogP contribution in [0.5, 0.6) is 11.5 Å². The largest absolute Gasteiger partial charge is 0.496 e. The predicted octanol–water partition coefficient (Wildman–Crippen LogP) is 3.69. The molecule has 0 radical (unpaired) electrons. The van der Waals surface area contributed by atoms with Crippen molar-refractivity contribution in [2.75, 3.05) is 7.11 Å². The average Bonchev–Trinajstić information content (AvgIpc) is 2.48. The molecule has 0 atom stereocenters. The molecule has 0 bridgehead atoms. The molecule has 2 rings (SSSR count). The van der Waals surface area contributed by atoms with Gasteiger partial charge in [-0.15, -0.1) is 0 Å². The molecule has 106 valence electrons. The molecule has 0 aliphatic rings. The Morgan fingerprint density at radius 2 is 1.95 bits per heavy atom. The maximum Gasteiger partial charge on any atom is 0.123 e. The number of benzene rings is 2. The van der Waals surface area contributed by atoms with Gasteiger partial charge in [0.2, 0.25) is 0 Å². The first-order valence-electron chi connectivity index (χ1n) is 6.39. The van der Waals surface area contributed by atoms with E-state index in [2.05, 4.69) is 0 Å². The molecule has 2 aromatic carbocycles. The number of aryl methyl sites for hydroxylation is 1. The van der Waals surface area contributed by atoms with Crippen LogP contribution in [-0.2, 0) is 13.2 Å². The molecule has 2 N–H and O–H groups in total. The molecule has 0 fully saturated rings. The molecule has 3 nitrogen and oxygen atoms in total. The van der Waals surface area contributed by atoms with Crippen molar-refractivity contribution < 1.29 is 9.47 Å². The van der Waals surface area contributed by atoms with Gasteiger partial charge in [-0.1, -0.05) is 17.7 Å². The van der Waals surface area contributed by atoms with Crippen molar-refractivity contribution in [3.8, 4) is 11.5 Å². The lowest BCUT2D eigenvalue weighted by molar-refractivity contribution is 0.305. The highest BCUT2D eigenvalue weighted by Crippen LogP contribution is 2.23. The molecule has 2 aromatic rings. The normalized spacial score (nSPS) is 10.4. The number of hydrogen-bond donors (Lipinski definition) is 1. The smallest absolute Gasteiger partial charge is 0.123 e. The Bertz CT molecular complexity index is 599. The van der Waals surface area contributed by atoms with Crippen LogP contribution in [0.3, 0.4) is 0 Å². The Balaban J connectivity index is 2.08. The fourth-order valence-corrected chi connectivity index (χ4v) is 2.07. The van der Waals surface area contributed by atoms with Gasteiger partial charge in [-0.3, -0.25) is 0 Å². The zero-order valence-electron chi connectivity index (χ0n) is 11.7. The molecular weight excluding hydrogens is 274 g/mol. The van der Waals surface area contributed by atoms with E-state index in [1.54, 1.807) is 7.11 Å². The highest BCUT2D eigenvalue weighted by molar-refractivity contribution is 6.31. The van der Waals surface area contributed by atoms with Gasteiger partial charge in [0.15, 0.2) is 0 Å². The summed E-state index contributed by atoms with van der Waals surface area (Å²) in [6.07, 6.45) is 0. The number of nitrogens with two attached hydrogens (primary N) is 1. The van der Waals surface area contributed by atoms with Crippen molar-refractivity contribution in [2.45, 2.75) is 20.1 Å². The Morgan fingerprint density at radius 1 is 1.15 bits per heavy atom. The third-order valence-corrected chi connectivity index (χ3v) is 3.52. The molecule has 0 aliphatic carbocycles. The topological polar surface area (TPSA) is 44.5 Å².